The summed E-state index contributed by atoms with van der Waals surface area (Å²) in [7, 11) is 1.70. The second kappa shape index (κ2) is 4.61. The minimum absolute atomic E-state index is 0.0770. The summed E-state index contributed by atoms with van der Waals surface area (Å²) >= 11 is 0. The Morgan fingerprint density at radius 1 is 1.50 bits per heavy atom. The summed E-state index contributed by atoms with van der Waals surface area (Å²) < 4.78 is 5.41. The smallest absolute Gasteiger partial charge is 0.253 e. The molecule has 0 radical (unpaired) electrons. The van der Waals surface area contributed by atoms with Crippen LogP contribution >= 0.6 is 0 Å². The maximum atomic E-state index is 12.2. The van der Waals surface area contributed by atoms with Crippen molar-refractivity contribution >= 4 is 5.91 Å². The molecule has 4 heteroatoms. The molecule has 18 heavy (non-hydrogen) atoms. The van der Waals surface area contributed by atoms with Crippen LogP contribution < -0.4 is 4.74 Å². The van der Waals surface area contributed by atoms with Gasteiger partial charge in [0.25, 0.3) is 5.91 Å². The van der Waals surface area contributed by atoms with Crippen molar-refractivity contribution in [2.24, 2.45) is 0 Å². The predicted octanol–water partition coefficient (Wildman–Crippen LogP) is 1.46. The van der Waals surface area contributed by atoms with Gasteiger partial charge in [-0.1, -0.05) is 0 Å². The van der Waals surface area contributed by atoms with Crippen LogP contribution in [0.4, 0.5) is 0 Å². The van der Waals surface area contributed by atoms with Crippen LogP contribution in [0.5, 0.6) is 5.75 Å². The van der Waals surface area contributed by atoms with Crippen LogP contribution in [-0.2, 0) is 6.42 Å². The minimum Gasteiger partial charge on any atom is -0.493 e. The first-order chi connectivity index (χ1) is 8.37. The number of likely N-dealkylation sites (N-methyl/N-ethyl adjacent to an activating group) is 1. The fourth-order valence-electron chi connectivity index (χ4n) is 2.19. The molecule has 0 spiro atoms. The number of benzene rings is 1. The van der Waals surface area contributed by atoms with Crippen LogP contribution in [0.3, 0.4) is 0 Å². The molecular formula is C14H19NO3. The highest BCUT2D eigenvalue weighted by Gasteiger charge is 2.21. The molecule has 0 bridgehead atoms. The van der Waals surface area contributed by atoms with E-state index in [-0.39, 0.29) is 5.91 Å². The highest BCUT2D eigenvalue weighted by atomic mass is 16.5. The largest absolute Gasteiger partial charge is 0.493 e. The van der Waals surface area contributed by atoms with Crippen LogP contribution in [0.2, 0.25) is 0 Å². The van der Waals surface area contributed by atoms with Gasteiger partial charge in [-0.15, -0.1) is 0 Å². The molecule has 1 aromatic rings. The molecule has 0 unspecified atom stereocenters. The highest BCUT2D eigenvalue weighted by molar-refractivity contribution is 5.94. The second-order valence-electron chi connectivity index (χ2n) is 5.39. The lowest BCUT2D eigenvalue weighted by molar-refractivity contribution is 0.0368. The zero-order chi connectivity index (χ0) is 13.3. The molecular weight excluding hydrogens is 230 g/mol. The zero-order valence-corrected chi connectivity index (χ0v) is 11.1. The Morgan fingerprint density at radius 2 is 2.22 bits per heavy atom. The molecule has 0 saturated carbocycles. The van der Waals surface area contributed by atoms with Gasteiger partial charge in [0.15, 0.2) is 0 Å². The van der Waals surface area contributed by atoms with E-state index in [1.165, 1.54) is 4.90 Å². The Balaban J connectivity index is 2.14. The average molecular weight is 249 g/mol. The van der Waals surface area contributed by atoms with Crippen LogP contribution in [-0.4, -0.2) is 41.7 Å². The third-order valence-electron chi connectivity index (χ3n) is 2.91. The normalized spacial score (nSPS) is 14.0. The van der Waals surface area contributed by atoms with Gasteiger partial charge in [0.2, 0.25) is 0 Å². The average Bonchev–Trinajstić information content (AvgIpc) is 2.72. The standard InChI is InChI=1S/C14H19NO3/c1-14(2,17)9-15(3)13(16)11-4-5-12-10(8-11)6-7-18-12/h4-5,8,17H,6-7,9H2,1-3H3. The van der Waals surface area contributed by atoms with E-state index in [1.807, 2.05) is 12.1 Å². The second-order valence-corrected chi connectivity index (χ2v) is 5.39. The molecule has 1 aliphatic heterocycles. The Kier molecular flexibility index (Phi) is 3.30. The molecule has 0 saturated heterocycles. The van der Waals surface area contributed by atoms with E-state index >= 15 is 0 Å². The summed E-state index contributed by atoms with van der Waals surface area (Å²) in [5.74, 6) is 0.795. The van der Waals surface area contributed by atoms with E-state index < -0.39 is 5.60 Å². The maximum Gasteiger partial charge on any atom is 0.253 e. The lowest BCUT2D eigenvalue weighted by Gasteiger charge is -2.25. The van der Waals surface area contributed by atoms with Gasteiger partial charge in [-0.2, -0.15) is 0 Å². The lowest BCUT2D eigenvalue weighted by Crippen LogP contribution is -2.39. The number of ether oxygens (including phenoxy) is 1. The lowest BCUT2D eigenvalue weighted by atomic mass is 10.1. The van der Waals surface area contributed by atoms with Crippen molar-refractivity contribution in [2.45, 2.75) is 25.9 Å². The van der Waals surface area contributed by atoms with Crippen molar-refractivity contribution in [1.82, 2.24) is 4.90 Å². The van der Waals surface area contributed by atoms with Gasteiger partial charge in [-0.05, 0) is 37.6 Å². The number of hydrogen-bond acceptors (Lipinski definition) is 3. The topological polar surface area (TPSA) is 49.8 Å². The molecule has 0 aromatic heterocycles. The summed E-state index contributed by atoms with van der Waals surface area (Å²) in [5, 5.41) is 9.72. The Labute approximate surface area is 107 Å². The van der Waals surface area contributed by atoms with Gasteiger partial charge in [-0.3, -0.25) is 4.79 Å². The van der Waals surface area contributed by atoms with Gasteiger partial charge in [-0.25, -0.2) is 0 Å². The highest BCUT2D eigenvalue weighted by Crippen LogP contribution is 2.26. The number of rotatable bonds is 3. The van der Waals surface area contributed by atoms with Gasteiger partial charge in [0.05, 0.1) is 12.2 Å². The van der Waals surface area contributed by atoms with E-state index in [0.717, 1.165) is 17.7 Å². The van der Waals surface area contributed by atoms with Crippen molar-refractivity contribution in [3.8, 4) is 5.75 Å². The molecule has 0 aliphatic carbocycles. The fourth-order valence-corrected chi connectivity index (χ4v) is 2.19. The van der Waals surface area contributed by atoms with Crippen LogP contribution in [0, 0.1) is 0 Å². The number of amides is 1. The van der Waals surface area contributed by atoms with Crippen molar-refractivity contribution < 1.29 is 14.6 Å². The number of carbonyl (C=O) groups is 1. The van der Waals surface area contributed by atoms with E-state index in [1.54, 1.807) is 27.0 Å². The molecule has 1 aliphatic rings. The van der Waals surface area contributed by atoms with E-state index in [0.29, 0.717) is 18.7 Å². The molecule has 1 heterocycles. The summed E-state index contributed by atoms with van der Waals surface area (Å²) in [6.45, 7) is 4.37. The molecule has 4 nitrogen and oxygen atoms in total. The van der Waals surface area contributed by atoms with Gasteiger partial charge in [0, 0.05) is 25.6 Å². The Hall–Kier alpha value is -1.55. The van der Waals surface area contributed by atoms with Gasteiger partial charge >= 0.3 is 0 Å². The summed E-state index contributed by atoms with van der Waals surface area (Å²) in [6.07, 6.45) is 0.853. The number of aliphatic hydroxyl groups is 1. The first kappa shape index (κ1) is 12.9. The predicted molar refractivity (Wildman–Crippen MR) is 68.9 cm³/mol. The molecule has 1 aromatic carbocycles. The molecule has 0 fully saturated rings. The van der Waals surface area contributed by atoms with E-state index in [9.17, 15) is 9.90 Å². The van der Waals surface area contributed by atoms with Crippen LogP contribution in [0.25, 0.3) is 0 Å². The van der Waals surface area contributed by atoms with Crippen molar-refractivity contribution in [2.75, 3.05) is 20.2 Å². The Morgan fingerprint density at radius 3 is 2.89 bits per heavy atom. The first-order valence-electron chi connectivity index (χ1n) is 6.10. The maximum absolute atomic E-state index is 12.2. The molecule has 0 atom stereocenters. The van der Waals surface area contributed by atoms with E-state index in [2.05, 4.69) is 0 Å². The molecule has 1 N–H and O–H groups in total. The summed E-state index contributed by atoms with van der Waals surface area (Å²) in [4.78, 5) is 13.7. The third-order valence-corrected chi connectivity index (χ3v) is 2.91. The third kappa shape index (κ3) is 2.82. The quantitative estimate of drug-likeness (QED) is 0.882. The number of hydrogen-bond donors (Lipinski definition) is 1. The van der Waals surface area contributed by atoms with Gasteiger partial charge < -0.3 is 14.7 Å². The Bertz CT molecular complexity index is 463. The minimum atomic E-state index is -0.885. The van der Waals surface area contributed by atoms with Gasteiger partial charge in [0.1, 0.15) is 5.75 Å². The van der Waals surface area contributed by atoms with Crippen LogP contribution in [0.1, 0.15) is 29.8 Å². The molecule has 1 amide bonds. The molecule has 2 rings (SSSR count). The SMILES string of the molecule is CN(CC(C)(C)O)C(=O)c1ccc2c(c1)CCO2. The number of carbonyl (C=O) groups excluding carboxylic acids is 1. The fraction of sp³-hybridized carbons (Fsp3) is 0.500. The summed E-state index contributed by atoms with van der Waals surface area (Å²) in [6, 6.07) is 5.49. The van der Waals surface area contributed by atoms with Crippen LogP contribution in [0.15, 0.2) is 18.2 Å². The number of fused-ring (bicyclic) bond motifs is 1. The number of nitrogens with zero attached hydrogens (tertiary/aromatic N) is 1. The van der Waals surface area contributed by atoms with Crippen molar-refractivity contribution in [3.05, 3.63) is 29.3 Å². The molecule has 98 valence electrons. The first-order valence-corrected chi connectivity index (χ1v) is 6.10. The monoisotopic (exact) mass is 249 g/mol. The zero-order valence-electron chi connectivity index (χ0n) is 11.1. The van der Waals surface area contributed by atoms with Crippen molar-refractivity contribution in [1.29, 1.82) is 0 Å². The van der Waals surface area contributed by atoms with E-state index in [4.69, 9.17) is 4.74 Å². The summed E-state index contributed by atoms with van der Waals surface area (Å²) in [5.41, 5.74) is 0.841. The van der Waals surface area contributed by atoms with Crippen molar-refractivity contribution in [3.63, 3.8) is 0 Å².